The second-order valence-corrected chi connectivity index (χ2v) is 5.84. The van der Waals surface area contributed by atoms with Crippen molar-refractivity contribution in [2.75, 3.05) is 5.32 Å². The van der Waals surface area contributed by atoms with E-state index in [0.717, 1.165) is 11.3 Å². The zero-order chi connectivity index (χ0) is 17.0. The second kappa shape index (κ2) is 7.09. The van der Waals surface area contributed by atoms with Crippen LogP contribution in [0.4, 0.5) is 5.69 Å². The highest BCUT2D eigenvalue weighted by molar-refractivity contribution is 6.03. The summed E-state index contributed by atoms with van der Waals surface area (Å²) in [6, 6.07) is 9.12. The lowest BCUT2D eigenvalue weighted by Gasteiger charge is -2.09. The van der Waals surface area contributed by atoms with Gasteiger partial charge in [-0.2, -0.15) is 5.10 Å². The Kier molecular flexibility index (Phi) is 5.16. The number of aryl methyl sites for hydroxylation is 2. The monoisotopic (exact) mass is 314 g/mol. The predicted molar refractivity (Wildman–Crippen MR) is 89.3 cm³/mol. The van der Waals surface area contributed by atoms with Gasteiger partial charge >= 0.3 is 0 Å². The number of carbonyl (C=O) groups excluding carboxylic acids is 2. The molecule has 1 aromatic heterocycles. The molecule has 0 bridgehead atoms. The quantitative estimate of drug-likeness (QED) is 0.887. The standard InChI is InChI=1S/C17H22N4O2/c1-11(2)18-16(22)10-13-5-7-14(8-6-13)19-17(23)15-9-12(3)20-21(15)4/h5-9,11H,10H2,1-4H3,(H,18,22)(H,19,23). The van der Waals surface area contributed by atoms with Gasteiger partial charge in [-0.1, -0.05) is 12.1 Å². The lowest BCUT2D eigenvalue weighted by Crippen LogP contribution is -2.31. The number of aromatic nitrogens is 2. The van der Waals surface area contributed by atoms with Crippen LogP contribution in [-0.2, 0) is 18.3 Å². The van der Waals surface area contributed by atoms with E-state index in [2.05, 4.69) is 15.7 Å². The number of amides is 2. The predicted octanol–water partition coefficient (Wildman–Crippen LogP) is 2.05. The summed E-state index contributed by atoms with van der Waals surface area (Å²) in [6.45, 7) is 5.70. The molecule has 23 heavy (non-hydrogen) atoms. The Hall–Kier alpha value is -2.63. The van der Waals surface area contributed by atoms with Crippen molar-refractivity contribution in [3.8, 4) is 0 Å². The highest BCUT2D eigenvalue weighted by atomic mass is 16.2. The molecule has 2 N–H and O–H groups in total. The summed E-state index contributed by atoms with van der Waals surface area (Å²) >= 11 is 0. The molecule has 0 aliphatic heterocycles. The first-order valence-corrected chi connectivity index (χ1v) is 7.55. The van der Waals surface area contributed by atoms with E-state index in [1.807, 2.05) is 32.9 Å². The fraction of sp³-hybridized carbons (Fsp3) is 0.353. The number of hydrogen-bond donors (Lipinski definition) is 2. The lowest BCUT2D eigenvalue weighted by molar-refractivity contribution is -0.120. The van der Waals surface area contributed by atoms with Crippen molar-refractivity contribution in [3.63, 3.8) is 0 Å². The third kappa shape index (κ3) is 4.67. The van der Waals surface area contributed by atoms with Crippen molar-refractivity contribution >= 4 is 17.5 Å². The topological polar surface area (TPSA) is 76.0 Å². The van der Waals surface area contributed by atoms with Crippen LogP contribution in [0.5, 0.6) is 0 Å². The molecule has 0 spiro atoms. The smallest absolute Gasteiger partial charge is 0.273 e. The molecule has 6 heteroatoms. The minimum atomic E-state index is -0.210. The van der Waals surface area contributed by atoms with Crippen LogP contribution >= 0.6 is 0 Å². The summed E-state index contributed by atoms with van der Waals surface area (Å²) < 4.78 is 1.55. The Labute approximate surface area is 135 Å². The van der Waals surface area contributed by atoms with Gasteiger partial charge in [0.25, 0.3) is 5.91 Å². The molecule has 0 saturated carbocycles. The maximum absolute atomic E-state index is 12.2. The molecule has 0 saturated heterocycles. The normalized spacial score (nSPS) is 10.7. The van der Waals surface area contributed by atoms with Crippen LogP contribution in [0.3, 0.4) is 0 Å². The van der Waals surface area contributed by atoms with Crippen LogP contribution < -0.4 is 10.6 Å². The number of nitrogens with one attached hydrogen (secondary N) is 2. The molecule has 0 radical (unpaired) electrons. The molecular formula is C17H22N4O2. The molecule has 0 aliphatic carbocycles. The van der Waals surface area contributed by atoms with E-state index in [0.29, 0.717) is 17.8 Å². The number of carbonyl (C=O) groups is 2. The molecular weight excluding hydrogens is 292 g/mol. The van der Waals surface area contributed by atoms with Crippen molar-refractivity contribution < 1.29 is 9.59 Å². The maximum Gasteiger partial charge on any atom is 0.273 e. The van der Waals surface area contributed by atoms with Gasteiger partial charge in [-0.05, 0) is 44.5 Å². The van der Waals surface area contributed by atoms with Crippen molar-refractivity contribution in [1.82, 2.24) is 15.1 Å². The molecule has 0 atom stereocenters. The summed E-state index contributed by atoms with van der Waals surface area (Å²) in [5, 5.41) is 9.83. The minimum absolute atomic E-state index is 0.0119. The van der Waals surface area contributed by atoms with E-state index in [9.17, 15) is 9.59 Å². The lowest BCUT2D eigenvalue weighted by atomic mass is 10.1. The average Bonchev–Trinajstić information content (AvgIpc) is 2.79. The van der Waals surface area contributed by atoms with Gasteiger partial charge in [0.2, 0.25) is 5.91 Å². The Morgan fingerprint density at radius 3 is 2.39 bits per heavy atom. The molecule has 6 nitrogen and oxygen atoms in total. The van der Waals surface area contributed by atoms with E-state index >= 15 is 0 Å². The summed E-state index contributed by atoms with van der Waals surface area (Å²) in [6.07, 6.45) is 0.327. The van der Waals surface area contributed by atoms with E-state index < -0.39 is 0 Å². The van der Waals surface area contributed by atoms with E-state index in [1.54, 1.807) is 29.9 Å². The SMILES string of the molecule is Cc1cc(C(=O)Nc2ccc(CC(=O)NC(C)C)cc2)n(C)n1. The number of anilines is 1. The Bertz CT molecular complexity index is 702. The average molecular weight is 314 g/mol. The van der Waals surface area contributed by atoms with Crippen molar-refractivity contribution in [3.05, 3.63) is 47.3 Å². The van der Waals surface area contributed by atoms with E-state index in [4.69, 9.17) is 0 Å². The van der Waals surface area contributed by atoms with Crippen molar-refractivity contribution in [1.29, 1.82) is 0 Å². The zero-order valence-electron chi connectivity index (χ0n) is 13.9. The van der Waals surface area contributed by atoms with E-state index in [-0.39, 0.29) is 17.9 Å². The van der Waals surface area contributed by atoms with Gasteiger partial charge < -0.3 is 10.6 Å². The van der Waals surface area contributed by atoms with Gasteiger partial charge in [0, 0.05) is 18.8 Å². The molecule has 0 aliphatic rings. The Balaban J connectivity index is 1.98. The Morgan fingerprint density at radius 1 is 1.22 bits per heavy atom. The largest absolute Gasteiger partial charge is 0.354 e. The molecule has 0 fully saturated rings. The molecule has 2 aromatic rings. The number of benzene rings is 1. The summed E-state index contributed by atoms with van der Waals surface area (Å²) in [4.78, 5) is 23.9. The zero-order valence-corrected chi connectivity index (χ0v) is 13.9. The van der Waals surface area contributed by atoms with E-state index in [1.165, 1.54) is 0 Å². The van der Waals surface area contributed by atoms with Crippen LogP contribution in [0.1, 0.15) is 35.6 Å². The van der Waals surface area contributed by atoms with Crippen molar-refractivity contribution in [2.24, 2.45) is 7.05 Å². The van der Waals surface area contributed by atoms with Gasteiger partial charge in [0.1, 0.15) is 5.69 Å². The fourth-order valence-corrected chi connectivity index (χ4v) is 2.28. The highest BCUT2D eigenvalue weighted by Gasteiger charge is 2.12. The third-order valence-corrected chi connectivity index (χ3v) is 3.26. The van der Waals surface area contributed by atoms with Crippen LogP contribution in [0.25, 0.3) is 0 Å². The van der Waals surface area contributed by atoms with Gasteiger partial charge in [0.05, 0.1) is 12.1 Å². The maximum atomic E-state index is 12.2. The second-order valence-electron chi connectivity index (χ2n) is 5.84. The summed E-state index contributed by atoms with van der Waals surface area (Å²) in [5.41, 5.74) is 2.88. The highest BCUT2D eigenvalue weighted by Crippen LogP contribution is 2.12. The minimum Gasteiger partial charge on any atom is -0.354 e. The number of rotatable bonds is 5. The molecule has 1 aromatic carbocycles. The van der Waals surface area contributed by atoms with Gasteiger partial charge in [-0.25, -0.2) is 0 Å². The van der Waals surface area contributed by atoms with Crippen LogP contribution in [0, 0.1) is 6.92 Å². The number of nitrogens with zero attached hydrogens (tertiary/aromatic N) is 2. The molecule has 1 heterocycles. The molecule has 2 amide bonds. The van der Waals surface area contributed by atoms with Gasteiger partial charge in [-0.15, -0.1) is 0 Å². The third-order valence-electron chi connectivity index (χ3n) is 3.26. The van der Waals surface area contributed by atoms with Crippen LogP contribution in [-0.4, -0.2) is 27.6 Å². The first kappa shape index (κ1) is 16.7. The molecule has 2 rings (SSSR count). The van der Waals surface area contributed by atoms with Crippen LogP contribution in [0.15, 0.2) is 30.3 Å². The molecule has 0 unspecified atom stereocenters. The van der Waals surface area contributed by atoms with Gasteiger partial charge in [0.15, 0.2) is 0 Å². The number of hydrogen-bond acceptors (Lipinski definition) is 3. The molecule has 122 valence electrons. The summed E-state index contributed by atoms with van der Waals surface area (Å²) in [5.74, 6) is -0.222. The fourth-order valence-electron chi connectivity index (χ4n) is 2.28. The Morgan fingerprint density at radius 2 is 1.87 bits per heavy atom. The summed E-state index contributed by atoms with van der Waals surface area (Å²) in [7, 11) is 1.73. The van der Waals surface area contributed by atoms with Crippen molar-refractivity contribution in [2.45, 2.75) is 33.2 Å². The first-order chi connectivity index (χ1) is 10.8. The first-order valence-electron chi connectivity index (χ1n) is 7.55. The van der Waals surface area contributed by atoms with Gasteiger partial charge in [-0.3, -0.25) is 14.3 Å². The van der Waals surface area contributed by atoms with Crippen LogP contribution in [0.2, 0.25) is 0 Å².